The second-order valence-corrected chi connectivity index (χ2v) is 6.34. The molecule has 1 aliphatic heterocycles. The Bertz CT molecular complexity index is 881. The first-order chi connectivity index (χ1) is 11.6. The second kappa shape index (κ2) is 5.64. The molecule has 3 aromatic rings. The van der Waals surface area contributed by atoms with Crippen LogP contribution in [0.1, 0.15) is 44.5 Å². The van der Waals surface area contributed by atoms with E-state index in [1.54, 1.807) is 0 Å². The molecule has 24 heavy (non-hydrogen) atoms. The van der Waals surface area contributed by atoms with Crippen LogP contribution in [0.3, 0.4) is 0 Å². The number of H-pyrrole nitrogens is 1. The van der Waals surface area contributed by atoms with Crippen molar-refractivity contribution >= 4 is 5.91 Å². The van der Waals surface area contributed by atoms with E-state index in [0.29, 0.717) is 12.2 Å². The zero-order valence-electron chi connectivity index (χ0n) is 13.8. The summed E-state index contributed by atoms with van der Waals surface area (Å²) in [5.41, 5.74) is 5.96. The zero-order valence-corrected chi connectivity index (χ0v) is 13.8. The molecule has 0 fully saturated rings. The third kappa shape index (κ3) is 2.31. The maximum absolute atomic E-state index is 12.9. The fraction of sp³-hybridized carbons (Fsp3) is 0.200. The molecular weight excluding hydrogens is 298 g/mol. The Morgan fingerprint density at radius 3 is 2.46 bits per heavy atom. The smallest absolute Gasteiger partial charge is 0.275 e. The average Bonchev–Trinajstić information content (AvgIpc) is 3.10. The third-order valence-corrected chi connectivity index (χ3v) is 4.63. The van der Waals surface area contributed by atoms with Gasteiger partial charge in [-0.25, -0.2) is 0 Å². The van der Waals surface area contributed by atoms with E-state index in [1.165, 1.54) is 5.56 Å². The summed E-state index contributed by atoms with van der Waals surface area (Å²) in [6, 6.07) is 18.4. The van der Waals surface area contributed by atoms with Crippen molar-refractivity contribution in [2.45, 2.75) is 26.4 Å². The summed E-state index contributed by atoms with van der Waals surface area (Å²) in [6.07, 6.45) is 0. The number of amides is 1. The summed E-state index contributed by atoms with van der Waals surface area (Å²) in [5.74, 6) is -0.0104. The van der Waals surface area contributed by atoms with Crippen LogP contribution >= 0.6 is 0 Å². The SMILES string of the molecule is Cc1ccc(C2c3c(n[nH]c3C)C(=O)N2Cc2ccccc2)cc1. The van der Waals surface area contributed by atoms with Crippen molar-refractivity contribution in [1.82, 2.24) is 15.1 Å². The predicted octanol–water partition coefficient (Wildman–Crippen LogP) is 3.77. The Morgan fingerprint density at radius 1 is 1.04 bits per heavy atom. The van der Waals surface area contributed by atoms with Gasteiger partial charge in [-0.05, 0) is 25.0 Å². The van der Waals surface area contributed by atoms with Gasteiger partial charge in [0.25, 0.3) is 5.91 Å². The largest absolute Gasteiger partial charge is 0.322 e. The summed E-state index contributed by atoms with van der Waals surface area (Å²) in [6.45, 7) is 4.63. The normalized spacial score (nSPS) is 16.5. The number of hydrogen-bond donors (Lipinski definition) is 1. The molecular formula is C20H19N3O. The van der Waals surface area contributed by atoms with Crippen molar-refractivity contribution < 1.29 is 4.79 Å². The van der Waals surface area contributed by atoms with E-state index < -0.39 is 0 Å². The number of fused-ring (bicyclic) bond motifs is 1. The lowest BCUT2D eigenvalue weighted by atomic mass is 9.98. The van der Waals surface area contributed by atoms with E-state index in [1.807, 2.05) is 30.0 Å². The van der Waals surface area contributed by atoms with Gasteiger partial charge in [-0.3, -0.25) is 9.89 Å². The van der Waals surface area contributed by atoms with E-state index in [-0.39, 0.29) is 11.9 Å². The van der Waals surface area contributed by atoms with Crippen LogP contribution in [0, 0.1) is 13.8 Å². The maximum Gasteiger partial charge on any atom is 0.275 e. The molecule has 0 saturated heterocycles. The molecule has 4 rings (SSSR count). The predicted molar refractivity (Wildman–Crippen MR) is 92.7 cm³/mol. The quantitative estimate of drug-likeness (QED) is 0.799. The van der Waals surface area contributed by atoms with Gasteiger partial charge in [0.05, 0.1) is 6.04 Å². The third-order valence-electron chi connectivity index (χ3n) is 4.63. The topological polar surface area (TPSA) is 49.0 Å². The lowest BCUT2D eigenvalue weighted by molar-refractivity contribution is 0.0729. The molecule has 2 heterocycles. The van der Waals surface area contributed by atoms with Crippen molar-refractivity contribution in [3.8, 4) is 0 Å². The number of aryl methyl sites for hydroxylation is 2. The molecule has 4 nitrogen and oxygen atoms in total. The van der Waals surface area contributed by atoms with Crippen molar-refractivity contribution in [3.63, 3.8) is 0 Å². The Kier molecular flexibility index (Phi) is 3.45. The van der Waals surface area contributed by atoms with Crippen molar-refractivity contribution in [3.05, 3.63) is 88.2 Å². The Morgan fingerprint density at radius 2 is 1.75 bits per heavy atom. The van der Waals surface area contributed by atoms with Crippen LogP contribution in [0.25, 0.3) is 0 Å². The van der Waals surface area contributed by atoms with Gasteiger partial charge in [0.2, 0.25) is 0 Å². The maximum atomic E-state index is 12.9. The van der Waals surface area contributed by atoms with Gasteiger partial charge >= 0.3 is 0 Å². The molecule has 0 saturated carbocycles. The van der Waals surface area contributed by atoms with Crippen LogP contribution in [0.5, 0.6) is 0 Å². The van der Waals surface area contributed by atoms with Crippen LogP contribution in [-0.2, 0) is 6.54 Å². The number of hydrogen-bond acceptors (Lipinski definition) is 2. The lowest BCUT2D eigenvalue weighted by Gasteiger charge is -2.26. The lowest BCUT2D eigenvalue weighted by Crippen LogP contribution is -2.29. The van der Waals surface area contributed by atoms with Gasteiger partial charge in [-0.2, -0.15) is 5.10 Å². The molecule has 1 aliphatic rings. The summed E-state index contributed by atoms with van der Waals surface area (Å²) < 4.78 is 0. The molecule has 0 radical (unpaired) electrons. The first-order valence-electron chi connectivity index (χ1n) is 8.11. The molecule has 2 aromatic carbocycles. The second-order valence-electron chi connectivity index (χ2n) is 6.34. The van der Waals surface area contributed by atoms with Crippen LogP contribution in [0.2, 0.25) is 0 Å². The van der Waals surface area contributed by atoms with E-state index in [4.69, 9.17) is 0 Å². The van der Waals surface area contributed by atoms with Crippen LogP contribution < -0.4 is 0 Å². The molecule has 0 bridgehead atoms. The standard InChI is InChI=1S/C20H19N3O/c1-13-8-10-16(11-9-13)19-17-14(2)21-22-18(17)20(24)23(19)12-15-6-4-3-5-7-15/h3-11,19H,12H2,1-2H3,(H,21,22). The minimum absolute atomic E-state index is 0.0104. The van der Waals surface area contributed by atoms with Crippen LogP contribution in [-0.4, -0.2) is 21.0 Å². The minimum Gasteiger partial charge on any atom is -0.322 e. The molecule has 4 heteroatoms. The Labute approximate surface area is 141 Å². The molecule has 1 atom stereocenters. The highest BCUT2D eigenvalue weighted by atomic mass is 16.2. The van der Waals surface area contributed by atoms with Crippen molar-refractivity contribution in [1.29, 1.82) is 0 Å². The molecule has 1 N–H and O–H groups in total. The summed E-state index contributed by atoms with van der Waals surface area (Å²) >= 11 is 0. The fourth-order valence-electron chi connectivity index (χ4n) is 3.38. The van der Waals surface area contributed by atoms with E-state index in [9.17, 15) is 4.79 Å². The van der Waals surface area contributed by atoms with Crippen LogP contribution in [0.15, 0.2) is 54.6 Å². The van der Waals surface area contributed by atoms with Gasteiger partial charge < -0.3 is 4.90 Å². The van der Waals surface area contributed by atoms with Gasteiger partial charge in [0.1, 0.15) is 0 Å². The molecule has 120 valence electrons. The van der Waals surface area contributed by atoms with Gasteiger partial charge in [-0.15, -0.1) is 0 Å². The van der Waals surface area contributed by atoms with Gasteiger partial charge in [0.15, 0.2) is 5.69 Å². The molecule has 1 amide bonds. The first kappa shape index (κ1) is 14.7. The number of nitrogens with zero attached hydrogens (tertiary/aromatic N) is 2. The Balaban J connectivity index is 1.79. The fourth-order valence-corrected chi connectivity index (χ4v) is 3.38. The highest BCUT2D eigenvalue weighted by Gasteiger charge is 2.41. The number of aromatic nitrogens is 2. The summed E-state index contributed by atoms with van der Waals surface area (Å²) in [5, 5.41) is 7.21. The number of carbonyl (C=O) groups excluding carboxylic acids is 1. The molecule has 1 aromatic heterocycles. The molecule has 1 unspecified atom stereocenters. The number of carbonyl (C=O) groups is 1. The number of aromatic amines is 1. The van der Waals surface area contributed by atoms with E-state index in [2.05, 4.69) is 53.5 Å². The summed E-state index contributed by atoms with van der Waals surface area (Å²) in [7, 11) is 0. The number of nitrogens with one attached hydrogen (secondary N) is 1. The number of rotatable bonds is 3. The monoisotopic (exact) mass is 317 g/mol. The van der Waals surface area contributed by atoms with Crippen molar-refractivity contribution in [2.24, 2.45) is 0 Å². The first-order valence-corrected chi connectivity index (χ1v) is 8.11. The highest BCUT2D eigenvalue weighted by Crippen LogP contribution is 2.40. The average molecular weight is 317 g/mol. The van der Waals surface area contributed by atoms with Gasteiger partial charge in [-0.1, -0.05) is 60.2 Å². The number of benzene rings is 2. The van der Waals surface area contributed by atoms with E-state index >= 15 is 0 Å². The molecule has 0 spiro atoms. The molecule has 0 aliphatic carbocycles. The zero-order chi connectivity index (χ0) is 16.7. The summed E-state index contributed by atoms with van der Waals surface area (Å²) in [4.78, 5) is 14.8. The van der Waals surface area contributed by atoms with Crippen molar-refractivity contribution in [2.75, 3.05) is 0 Å². The van der Waals surface area contributed by atoms with Crippen LogP contribution in [0.4, 0.5) is 0 Å². The van der Waals surface area contributed by atoms with Gasteiger partial charge in [0, 0.05) is 17.8 Å². The highest BCUT2D eigenvalue weighted by molar-refractivity contribution is 5.98. The van der Waals surface area contributed by atoms with E-state index in [0.717, 1.165) is 22.4 Å². The minimum atomic E-state index is -0.0907. The Hall–Kier alpha value is -2.88.